The lowest BCUT2D eigenvalue weighted by molar-refractivity contribution is -0.157. The van der Waals surface area contributed by atoms with E-state index in [-0.39, 0.29) is 11.7 Å². The van der Waals surface area contributed by atoms with Gasteiger partial charge in [-0.1, -0.05) is 13.0 Å². The first kappa shape index (κ1) is 17.5. The summed E-state index contributed by atoms with van der Waals surface area (Å²) in [6, 6.07) is 9.19. The number of nitrogens with zero attached hydrogens (tertiary/aromatic N) is 1. The van der Waals surface area contributed by atoms with E-state index >= 15 is 0 Å². The summed E-state index contributed by atoms with van der Waals surface area (Å²) in [5.41, 5.74) is 1.49. The lowest BCUT2D eigenvalue weighted by Crippen LogP contribution is -2.58. The van der Waals surface area contributed by atoms with Crippen molar-refractivity contribution in [3.8, 4) is 5.75 Å². The van der Waals surface area contributed by atoms with Crippen LogP contribution in [0, 0.1) is 0 Å². The molecule has 1 unspecified atom stereocenters. The Morgan fingerprint density at radius 1 is 1.36 bits per heavy atom. The Labute approximate surface area is 148 Å². The van der Waals surface area contributed by atoms with Gasteiger partial charge in [-0.05, 0) is 61.2 Å². The zero-order chi connectivity index (χ0) is 17.9. The zero-order valence-corrected chi connectivity index (χ0v) is 14.8. The number of fused-ring (bicyclic) bond motifs is 1. The van der Waals surface area contributed by atoms with Gasteiger partial charge >= 0.3 is 5.97 Å². The van der Waals surface area contributed by atoms with Crippen LogP contribution in [-0.4, -0.2) is 35.2 Å². The van der Waals surface area contributed by atoms with Gasteiger partial charge < -0.3 is 14.3 Å². The minimum atomic E-state index is -0.707. The van der Waals surface area contributed by atoms with Crippen molar-refractivity contribution >= 4 is 5.97 Å². The SMILES string of the molecule is CCCN(Cc1ccco1)C1(C(=O)OC)CCc2cc(O)ccc2C1. The van der Waals surface area contributed by atoms with Crippen molar-refractivity contribution in [2.75, 3.05) is 13.7 Å². The quantitative estimate of drug-likeness (QED) is 0.816. The Morgan fingerprint density at radius 2 is 2.20 bits per heavy atom. The number of carbonyl (C=O) groups excluding carboxylic acids is 1. The number of furan rings is 1. The highest BCUT2D eigenvalue weighted by Crippen LogP contribution is 2.37. The molecule has 1 aliphatic rings. The maximum Gasteiger partial charge on any atom is 0.326 e. The molecule has 5 heteroatoms. The van der Waals surface area contributed by atoms with Gasteiger partial charge in [0.25, 0.3) is 0 Å². The average molecular weight is 343 g/mol. The number of phenols is 1. The first-order valence-electron chi connectivity index (χ1n) is 8.75. The van der Waals surface area contributed by atoms with Crippen LogP contribution >= 0.6 is 0 Å². The lowest BCUT2D eigenvalue weighted by atomic mass is 9.76. The van der Waals surface area contributed by atoms with Crippen LogP contribution in [0.1, 0.15) is 36.7 Å². The highest BCUT2D eigenvalue weighted by atomic mass is 16.5. The molecule has 1 aromatic heterocycles. The van der Waals surface area contributed by atoms with Gasteiger partial charge in [0.2, 0.25) is 0 Å². The van der Waals surface area contributed by atoms with E-state index in [1.165, 1.54) is 7.11 Å². The van der Waals surface area contributed by atoms with Crippen molar-refractivity contribution in [2.45, 2.75) is 44.7 Å². The molecule has 5 nitrogen and oxygen atoms in total. The van der Waals surface area contributed by atoms with Crippen LogP contribution in [0.5, 0.6) is 5.75 Å². The third kappa shape index (κ3) is 3.42. The number of ether oxygens (including phenoxy) is 1. The normalized spacial score (nSPS) is 19.6. The highest BCUT2D eigenvalue weighted by molar-refractivity contribution is 5.82. The first-order valence-corrected chi connectivity index (χ1v) is 8.75. The molecule has 0 spiro atoms. The second-order valence-corrected chi connectivity index (χ2v) is 6.65. The van der Waals surface area contributed by atoms with Crippen molar-refractivity contribution < 1.29 is 19.1 Å². The van der Waals surface area contributed by atoms with Crippen molar-refractivity contribution in [3.05, 3.63) is 53.5 Å². The fourth-order valence-corrected chi connectivity index (χ4v) is 3.83. The third-order valence-corrected chi connectivity index (χ3v) is 5.07. The molecule has 25 heavy (non-hydrogen) atoms. The number of aryl methyl sites for hydroxylation is 1. The Morgan fingerprint density at radius 3 is 2.88 bits per heavy atom. The Balaban J connectivity index is 1.97. The zero-order valence-electron chi connectivity index (χ0n) is 14.8. The monoisotopic (exact) mass is 343 g/mol. The van der Waals surface area contributed by atoms with Crippen molar-refractivity contribution in [2.24, 2.45) is 0 Å². The molecule has 1 atom stereocenters. The van der Waals surface area contributed by atoms with Gasteiger partial charge in [0.1, 0.15) is 17.0 Å². The van der Waals surface area contributed by atoms with E-state index in [1.807, 2.05) is 18.2 Å². The second-order valence-electron chi connectivity index (χ2n) is 6.65. The molecule has 1 aromatic carbocycles. The number of hydrogen-bond donors (Lipinski definition) is 1. The van der Waals surface area contributed by atoms with Crippen LogP contribution in [0.2, 0.25) is 0 Å². The molecule has 134 valence electrons. The molecule has 0 amide bonds. The van der Waals surface area contributed by atoms with Crippen LogP contribution < -0.4 is 0 Å². The summed E-state index contributed by atoms with van der Waals surface area (Å²) in [7, 11) is 1.45. The molecule has 1 aliphatic carbocycles. The third-order valence-electron chi connectivity index (χ3n) is 5.07. The smallest absolute Gasteiger partial charge is 0.326 e. The topological polar surface area (TPSA) is 62.9 Å². The second kappa shape index (κ2) is 7.31. The maximum atomic E-state index is 12.9. The van der Waals surface area contributed by atoms with Crippen LogP contribution in [0.15, 0.2) is 41.0 Å². The largest absolute Gasteiger partial charge is 0.508 e. The first-order chi connectivity index (χ1) is 12.1. The van der Waals surface area contributed by atoms with E-state index in [0.717, 1.165) is 36.3 Å². The summed E-state index contributed by atoms with van der Waals surface area (Å²) in [5, 5.41) is 9.72. The van der Waals surface area contributed by atoms with Crippen molar-refractivity contribution in [3.63, 3.8) is 0 Å². The van der Waals surface area contributed by atoms with Gasteiger partial charge in [-0.25, -0.2) is 0 Å². The summed E-state index contributed by atoms with van der Waals surface area (Å²) < 4.78 is 10.7. The fourth-order valence-electron chi connectivity index (χ4n) is 3.83. The van der Waals surface area contributed by atoms with E-state index in [0.29, 0.717) is 19.4 Å². The highest BCUT2D eigenvalue weighted by Gasteiger charge is 2.47. The number of methoxy groups -OCH3 is 1. The van der Waals surface area contributed by atoms with Gasteiger partial charge in [-0.3, -0.25) is 9.69 Å². The number of rotatable bonds is 6. The number of benzene rings is 1. The number of phenolic OH excluding ortho intramolecular Hbond substituents is 1. The standard InChI is InChI=1S/C20H25NO4/c1-3-10-21(14-18-5-4-11-25-18)20(19(23)24-2)9-8-15-12-17(22)7-6-16(15)13-20/h4-7,11-12,22H,3,8-10,13-14H2,1-2H3. The molecule has 1 N–H and O–H groups in total. The number of hydrogen-bond acceptors (Lipinski definition) is 5. The van der Waals surface area contributed by atoms with E-state index in [4.69, 9.17) is 9.15 Å². The number of carbonyl (C=O) groups is 1. The Bertz CT molecular complexity index is 725. The number of aromatic hydroxyl groups is 1. The van der Waals surface area contributed by atoms with E-state index in [9.17, 15) is 9.90 Å². The van der Waals surface area contributed by atoms with Crippen molar-refractivity contribution in [1.29, 1.82) is 0 Å². The van der Waals surface area contributed by atoms with Gasteiger partial charge in [-0.2, -0.15) is 0 Å². The maximum absolute atomic E-state index is 12.9. The molecule has 0 saturated carbocycles. The van der Waals surface area contributed by atoms with Crippen LogP contribution in [-0.2, 0) is 28.9 Å². The molecule has 0 radical (unpaired) electrons. The fraction of sp³-hybridized carbons (Fsp3) is 0.450. The molecule has 0 saturated heterocycles. The van der Waals surface area contributed by atoms with E-state index < -0.39 is 5.54 Å². The minimum Gasteiger partial charge on any atom is -0.508 e. The van der Waals surface area contributed by atoms with E-state index in [1.54, 1.807) is 18.4 Å². The Kier molecular flexibility index (Phi) is 5.13. The van der Waals surface area contributed by atoms with Crippen molar-refractivity contribution in [1.82, 2.24) is 4.90 Å². The molecule has 1 heterocycles. The lowest BCUT2D eigenvalue weighted by Gasteiger charge is -2.44. The molecule has 0 fully saturated rings. The van der Waals surface area contributed by atoms with Gasteiger partial charge in [0.15, 0.2) is 0 Å². The van der Waals surface area contributed by atoms with Gasteiger partial charge in [0, 0.05) is 6.42 Å². The van der Waals surface area contributed by atoms with Crippen LogP contribution in [0.25, 0.3) is 0 Å². The van der Waals surface area contributed by atoms with E-state index in [2.05, 4.69) is 11.8 Å². The predicted molar refractivity (Wildman–Crippen MR) is 94.3 cm³/mol. The summed E-state index contributed by atoms with van der Waals surface area (Å²) in [5.74, 6) is 0.907. The minimum absolute atomic E-state index is 0.203. The average Bonchev–Trinajstić information content (AvgIpc) is 3.13. The number of esters is 1. The van der Waals surface area contributed by atoms with Crippen LogP contribution in [0.3, 0.4) is 0 Å². The molecule has 0 bridgehead atoms. The molecule has 2 aromatic rings. The summed E-state index contributed by atoms with van der Waals surface area (Å²) in [6.45, 7) is 3.46. The van der Waals surface area contributed by atoms with Crippen LogP contribution in [0.4, 0.5) is 0 Å². The van der Waals surface area contributed by atoms with Gasteiger partial charge in [-0.15, -0.1) is 0 Å². The molecule has 3 rings (SSSR count). The Hall–Kier alpha value is -2.27. The predicted octanol–water partition coefficient (Wildman–Crippen LogP) is 3.30. The molecular weight excluding hydrogens is 318 g/mol. The summed E-state index contributed by atoms with van der Waals surface area (Å²) in [4.78, 5) is 15.1. The van der Waals surface area contributed by atoms with Gasteiger partial charge in [0.05, 0.1) is 19.9 Å². The molecule has 0 aliphatic heterocycles. The molecular formula is C20H25NO4. The summed E-state index contributed by atoms with van der Waals surface area (Å²) >= 11 is 0. The summed E-state index contributed by atoms with van der Waals surface area (Å²) in [6.07, 6.45) is 4.56.